The van der Waals surface area contributed by atoms with Crippen LogP contribution in [0.25, 0.3) is 22.7 Å². The number of hydrogen-bond acceptors (Lipinski definition) is 4. The summed E-state index contributed by atoms with van der Waals surface area (Å²) in [4.78, 5) is 28.3. The number of hydrogen-bond donors (Lipinski definition) is 0. The molecule has 0 saturated heterocycles. The van der Waals surface area contributed by atoms with Gasteiger partial charge in [0.15, 0.2) is 17.1 Å². The Bertz CT molecular complexity index is 880. The van der Waals surface area contributed by atoms with Crippen LogP contribution in [0.3, 0.4) is 0 Å². The topological polar surface area (TPSA) is 75.0 Å². The smallest absolute Gasteiger partial charge is 0.332 e. The first-order valence-electron chi connectivity index (χ1n) is 5.68. The van der Waals surface area contributed by atoms with Gasteiger partial charge in [0.2, 0.25) is 0 Å². The Balaban J connectivity index is 2.53. The van der Waals surface area contributed by atoms with Gasteiger partial charge in [-0.05, 0) is 12.1 Å². The lowest BCUT2D eigenvalue weighted by Gasteiger charge is -2.05. The zero-order chi connectivity index (χ0) is 13.7. The fourth-order valence-corrected chi connectivity index (χ4v) is 2.20. The van der Waals surface area contributed by atoms with E-state index in [1.165, 1.54) is 17.9 Å². The molecule has 3 rings (SSSR count). The average molecular weight is 260 g/mol. The minimum absolute atomic E-state index is 0.249. The summed E-state index contributed by atoms with van der Waals surface area (Å²) in [6, 6.07) is 3.50. The van der Waals surface area contributed by atoms with E-state index in [1.807, 2.05) is 0 Å². The van der Waals surface area contributed by atoms with Gasteiger partial charge < -0.3 is 8.98 Å². The van der Waals surface area contributed by atoms with Crippen molar-refractivity contribution in [2.45, 2.75) is 0 Å². The fourth-order valence-electron chi connectivity index (χ4n) is 2.20. The van der Waals surface area contributed by atoms with Crippen LogP contribution < -0.4 is 11.2 Å². The lowest BCUT2D eigenvalue weighted by atomic mass is 10.4. The highest BCUT2D eigenvalue weighted by Gasteiger charge is 2.18. The van der Waals surface area contributed by atoms with Gasteiger partial charge in [-0.3, -0.25) is 13.9 Å². The molecule has 0 spiro atoms. The van der Waals surface area contributed by atoms with Gasteiger partial charge in [-0.2, -0.15) is 0 Å². The third-order valence-corrected chi connectivity index (χ3v) is 3.21. The minimum Gasteiger partial charge on any atom is -0.461 e. The molecule has 0 N–H and O–H groups in total. The van der Waals surface area contributed by atoms with Gasteiger partial charge in [0.05, 0.1) is 6.26 Å². The summed E-state index contributed by atoms with van der Waals surface area (Å²) in [7, 11) is 4.79. The first-order valence-corrected chi connectivity index (χ1v) is 5.68. The molecule has 3 heterocycles. The van der Waals surface area contributed by atoms with Gasteiger partial charge in [0, 0.05) is 21.1 Å². The van der Waals surface area contributed by atoms with E-state index in [1.54, 1.807) is 30.8 Å². The number of imidazole rings is 1. The molecule has 19 heavy (non-hydrogen) atoms. The van der Waals surface area contributed by atoms with Gasteiger partial charge in [-0.1, -0.05) is 0 Å². The lowest BCUT2D eigenvalue weighted by molar-refractivity contribution is 0.574. The van der Waals surface area contributed by atoms with E-state index in [9.17, 15) is 9.59 Å². The molecule has 98 valence electrons. The van der Waals surface area contributed by atoms with Crippen LogP contribution in [0.2, 0.25) is 0 Å². The highest BCUT2D eigenvalue weighted by molar-refractivity contribution is 5.75. The number of furan rings is 1. The van der Waals surface area contributed by atoms with E-state index in [-0.39, 0.29) is 11.2 Å². The predicted molar refractivity (Wildman–Crippen MR) is 68.9 cm³/mol. The Morgan fingerprint density at radius 3 is 2.47 bits per heavy atom. The number of aryl methyl sites for hydroxylation is 2. The van der Waals surface area contributed by atoms with Crippen molar-refractivity contribution < 1.29 is 4.42 Å². The SMILES string of the molecule is Cn1c(=O)c2nc(-c3ccco3)n(C)c2n(C)c1=O. The molecule has 7 heteroatoms. The van der Waals surface area contributed by atoms with Crippen LogP contribution in [0.4, 0.5) is 0 Å². The molecule has 0 aliphatic heterocycles. The minimum atomic E-state index is -0.411. The number of aromatic nitrogens is 4. The summed E-state index contributed by atoms with van der Waals surface area (Å²) in [5.41, 5.74) is -0.0731. The van der Waals surface area contributed by atoms with Crippen LogP contribution in [0.15, 0.2) is 32.4 Å². The lowest BCUT2D eigenvalue weighted by Crippen LogP contribution is -2.37. The first-order chi connectivity index (χ1) is 9.02. The second-order valence-corrected chi connectivity index (χ2v) is 4.35. The van der Waals surface area contributed by atoms with Crippen LogP contribution in [-0.4, -0.2) is 18.7 Å². The molecule has 7 nitrogen and oxygen atoms in total. The van der Waals surface area contributed by atoms with Crippen molar-refractivity contribution in [1.29, 1.82) is 0 Å². The summed E-state index contributed by atoms with van der Waals surface area (Å²) in [6.45, 7) is 0. The zero-order valence-electron chi connectivity index (χ0n) is 10.7. The molecule has 0 amide bonds. The Hall–Kier alpha value is -2.57. The zero-order valence-corrected chi connectivity index (χ0v) is 10.7. The second-order valence-electron chi connectivity index (χ2n) is 4.35. The monoisotopic (exact) mass is 260 g/mol. The number of nitrogens with zero attached hydrogens (tertiary/aromatic N) is 4. The number of rotatable bonds is 1. The molecule has 0 fully saturated rings. The molecule has 0 bridgehead atoms. The molecule has 0 radical (unpaired) electrons. The van der Waals surface area contributed by atoms with Crippen LogP contribution >= 0.6 is 0 Å². The summed E-state index contributed by atoms with van der Waals surface area (Å²) in [5.74, 6) is 1.06. The summed E-state index contributed by atoms with van der Waals surface area (Å²) in [5, 5.41) is 0. The highest BCUT2D eigenvalue weighted by atomic mass is 16.3. The maximum Gasteiger partial charge on any atom is 0.332 e. The molecule has 0 aliphatic carbocycles. The normalized spacial score (nSPS) is 11.3. The van der Waals surface area contributed by atoms with Crippen molar-refractivity contribution in [3.8, 4) is 11.6 Å². The van der Waals surface area contributed by atoms with E-state index in [0.29, 0.717) is 17.2 Å². The molecular formula is C12H12N4O3. The van der Waals surface area contributed by atoms with Crippen LogP contribution in [-0.2, 0) is 21.1 Å². The van der Waals surface area contributed by atoms with E-state index in [0.717, 1.165) is 4.57 Å². The van der Waals surface area contributed by atoms with E-state index in [4.69, 9.17) is 4.42 Å². The average Bonchev–Trinajstić information content (AvgIpc) is 3.01. The third-order valence-electron chi connectivity index (χ3n) is 3.21. The summed E-state index contributed by atoms with van der Waals surface area (Å²) >= 11 is 0. The van der Waals surface area contributed by atoms with Crippen LogP contribution in [0.1, 0.15) is 0 Å². The van der Waals surface area contributed by atoms with Crippen LogP contribution in [0, 0.1) is 0 Å². The fraction of sp³-hybridized carbons (Fsp3) is 0.250. The van der Waals surface area contributed by atoms with E-state index >= 15 is 0 Å². The maximum atomic E-state index is 12.1. The summed E-state index contributed by atoms with van der Waals surface area (Å²) in [6.07, 6.45) is 1.53. The molecule has 3 aromatic heterocycles. The van der Waals surface area contributed by atoms with Crippen molar-refractivity contribution in [2.75, 3.05) is 0 Å². The maximum absolute atomic E-state index is 12.1. The van der Waals surface area contributed by atoms with E-state index < -0.39 is 5.56 Å². The predicted octanol–water partition coefficient (Wildman–Crippen LogP) is 0.231. The van der Waals surface area contributed by atoms with Gasteiger partial charge >= 0.3 is 5.69 Å². The molecule has 3 aromatic rings. The molecule has 0 aromatic carbocycles. The highest BCUT2D eigenvalue weighted by Crippen LogP contribution is 2.21. The van der Waals surface area contributed by atoms with Gasteiger partial charge in [0.25, 0.3) is 5.56 Å². The van der Waals surface area contributed by atoms with Crippen molar-refractivity contribution in [3.63, 3.8) is 0 Å². The van der Waals surface area contributed by atoms with Crippen molar-refractivity contribution in [2.24, 2.45) is 21.1 Å². The van der Waals surface area contributed by atoms with Crippen molar-refractivity contribution >= 4 is 11.2 Å². The number of fused-ring (bicyclic) bond motifs is 1. The van der Waals surface area contributed by atoms with Crippen molar-refractivity contribution in [3.05, 3.63) is 39.2 Å². The largest absolute Gasteiger partial charge is 0.461 e. The van der Waals surface area contributed by atoms with Crippen molar-refractivity contribution in [1.82, 2.24) is 18.7 Å². The molecular weight excluding hydrogens is 248 g/mol. The standard InChI is InChI=1S/C12H12N4O3/c1-14-9(7-5-4-6-19-7)13-8-10(14)15(2)12(18)16(3)11(8)17/h4-6H,1-3H3. The van der Waals surface area contributed by atoms with E-state index in [2.05, 4.69) is 4.98 Å². The Morgan fingerprint density at radius 2 is 1.84 bits per heavy atom. The Morgan fingerprint density at radius 1 is 1.11 bits per heavy atom. The molecule has 0 saturated carbocycles. The van der Waals surface area contributed by atoms with Gasteiger partial charge in [-0.15, -0.1) is 0 Å². The van der Waals surface area contributed by atoms with Gasteiger partial charge in [0.1, 0.15) is 5.65 Å². The first kappa shape index (κ1) is 11.5. The van der Waals surface area contributed by atoms with Crippen LogP contribution in [0.5, 0.6) is 0 Å². The Labute approximate surface area is 107 Å². The quantitative estimate of drug-likeness (QED) is 0.627. The van der Waals surface area contributed by atoms with Gasteiger partial charge in [-0.25, -0.2) is 9.78 Å². The third kappa shape index (κ3) is 1.41. The summed E-state index contributed by atoms with van der Waals surface area (Å²) < 4.78 is 9.41. The molecule has 0 aliphatic rings. The second kappa shape index (κ2) is 3.71. The Kier molecular flexibility index (Phi) is 2.25. The molecule has 0 unspecified atom stereocenters. The molecule has 0 atom stereocenters.